The Bertz CT molecular complexity index is 769. The van der Waals surface area contributed by atoms with Gasteiger partial charge in [-0.1, -0.05) is 18.5 Å². The van der Waals surface area contributed by atoms with Crippen molar-refractivity contribution in [2.45, 2.75) is 44.8 Å². The molecule has 130 valence electrons. The molecule has 7 heteroatoms. The second-order valence-electron chi connectivity index (χ2n) is 6.44. The standard InChI is InChI=1S/C17H18ClF3N2O/c1-9(8-17(19,20)21)16(24)22-11-3-5-15-13(7-11)12-6-10(18)2-4-14(12)23-15/h2,4,6,9,11,23H,3,5,7-8H2,1H3,(H,22,24)/t9-,11+/m0/s1. The third-order valence-electron chi connectivity index (χ3n) is 4.48. The number of aryl methyl sites for hydroxylation is 1. The molecule has 2 aromatic rings. The van der Waals surface area contributed by atoms with Crippen LogP contribution in [0.15, 0.2) is 18.2 Å². The summed E-state index contributed by atoms with van der Waals surface area (Å²) in [5.41, 5.74) is 3.19. The summed E-state index contributed by atoms with van der Waals surface area (Å²) in [5, 5.41) is 4.41. The third kappa shape index (κ3) is 3.69. The summed E-state index contributed by atoms with van der Waals surface area (Å²) in [5.74, 6) is -1.62. The van der Waals surface area contributed by atoms with E-state index in [1.807, 2.05) is 18.2 Å². The number of rotatable bonds is 3. The van der Waals surface area contributed by atoms with Gasteiger partial charge in [0.15, 0.2) is 0 Å². The van der Waals surface area contributed by atoms with E-state index >= 15 is 0 Å². The molecule has 1 aromatic carbocycles. The summed E-state index contributed by atoms with van der Waals surface area (Å²) >= 11 is 6.05. The van der Waals surface area contributed by atoms with E-state index in [4.69, 9.17) is 11.6 Å². The fourth-order valence-corrected chi connectivity index (χ4v) is 3.47. The molecule has 0 unspecified atom stereocenters. The van der Waals surface area contributed by atoms with Crippen molar-refractivity contribution in [2.75, 3.05) is 0 Å². The molecule has 24 heavy (non-hydrogen) atoms. The maximum atomic E-state index is 12.4. The van der Waals surface area contributed by atoms with Crippen molar-refractivity contribution >= 4 is 28.4 Å². The highest BCUT2D eigenvalue weighted by Gasteiger charge is 2.34. The van der Waals surface area contributed by atoms with Crippen LogP contribution in [-0.4, -0.2) is 23.1 Å². The third-order valence-corrected chi connectivity index (χ3v) is 4.72. The Hall–Kier alpha value is -1.69. The predicted molar refractivity (Wildman–Crippen MR) is 87.1 cm³/mol. The van der Waals surface area contributed by atoms with E-state index in [0.717, 1.165) is 28.6 Å². The summed E-state index contributed by atoms with van der Waals surface area (Å²) in [6, 6.07) is 5.44. The Balaban J connectivity index is 1.72. The SMILES string of the molecule is C[C@@H](CC(F)(F)F)C(=O)N[C@@H]1CCc2[nH]c3ccc(Cl)cc3c2C1. The number of H-pyrrole nitrogens is 1. The molecular weight excluding hydrogens is 341 g/mol. The number of benzene rings is 1. The van der Waals surface area contributed by atoms with E-state index in [1.54, 1.807) is 0 Å². The van der Waals surface area contributed by atoms with Gasteiger partial charge in [0.25, 0.3) is 0 Å². The van der Waals surface area contributed by atoms with Crippen molar-refractivity contribution in [2.24, 2.45) is 5.92 Å². The van der Waals surface area contributed by atoms with Gasteiger partial charge in [-0.3, -0.25) is 4.79 Å². The van der Waals surface area contributed by atoms with Gasteiger partial charge in [0.05, 0.1) is 6.42 Å². The van der Waals surface area contributed by atoms with Crippen LogP contribution in [0.4, 0.5) is 13.2 Å². The lowest BCUT2D eigenvalue weighted by molar-refractivity contribution is -0.153. The smallest absolute Gasteiger partial charge is 0.358 e. The van der Waals surface area contributed by atoms with Crippen LogP contribution in [0.5, 0.6) is 0 Å². The van der Waals surface area contributed by atoms with E-state index in [9.17, 15) is 18.0 Å². The van der Waals surface area contributed by atoms with Crippen LogP contribution in [0.1, 0.15) is 31.0 Å². The first-order valence-electron chi connectivity index (χ1n) is 7.89. The number of hydrogen-bond donors (Lipinski definition) is 2. The molecule has 3 rings (SSSR count). The van der Waals surface area contributed by atoms with Crippen LogP contribution in [0.3, 0.4) is 0 Å². The Morgan fingerprint density at radius 1 is 1.46 bits per heavy atom. The number of aromatic amines is 1. The highest BCUT2D eigenvalue weighted by molar-refractivity contribution is 6.31. The van der Waals surface area contributed by atoms with Gasteiger partial charge in [-0.25, -0.2) is 0 Å². The van der Waals surface area contributed by atoms with Crippen molar-refractivity contribution in [1.82, 2.24) is 10.3 Å². The van der Waals surface area contributed by atoms with Crippen molar-refractivity contribution < 1.29 is 18.0 Å². The first-order chi connectivity index (χ1) is 11.2. The minimum Gasteiger partial charge on any atom is -0.358 e. The fourth-order valence-electron chi connectivity index (χ4n) is 3.30. The number of hydrogen-bond acceptors (Lipinski definition) is 1. The number of carbonyl (C=O) groups excluding carboxylic acids is 1. The van der Waals surface area contributed by atoms with Crippen LogP contribution in [0, 0.1) is 5.92 Å². The monoisotopic (exact) mass is 358 g/mol. The highest BCUT2D eigenvalue weighted by Crippen LogP contribution is 2.31. The zero-order valence-corrected chi connectivity index (χ0v) is 13.9. The van der Waals surface area contributed by atoms with E-state index in [2.05, 4.69) is 10.3 Å². The average molecular weight is 359 g/mol. The number of fused-ring (bicyclic) bond motifs is 3. The van der Waals surface area contributed by atoms with E-state index in [0.29, 0.717) is 17.9 Å². The van der Waals surface area contributed by atoms with Gasteiger partial charge >= 0.3 is 6.18 Å². The Kier molecular flexibility index (Phi) is 4.51. The van der Waals surface area contributed by atoms with Crippen LogP contribution in [-0.2, 0) is 17.6 Å². The molecule has 0 spiro atoms. The van der Waals surface area contributed by atoms with Crippen LogP contribution in [0.25, 0.3) is 10.9 Å². The van der Waals surface area contributed by atoms with Crippen molar-refractivity contribution in [3.8, 4) is 0 Å². The molecule has 1 aromatic heterocycles. The zero-order valence-electron chi connectivity index (χ0n) is 13.1. The summed E-state index contributed by atoms with van der Waals surface area (Å²) in [7, 11) is 0. The second kappa shape index (κ2) is 6.31. The summed E-state index contributed by atoms with van der Waals surface area (Å²) in [6.07, 6.45) is -3.37. The Labute approximate surface area is 142 Å². The molecule has 0 bridgehead atoms. The molecule has 1 amide bonds. The number of amides is 1. The topological polar surface area (TPSA) is 44.9 Å². The molecule has 1 heterocycles. The van der Waals surface area contributed by atoms with Crippen molar-refractivity contribution in [1.29, 1.82) is 0 Å². The summed E-state index contributed by atoms with van der Waals surface area (Å²) < 4.78 is 37.2. The Morgan fingerprint density at radius 3 is 2.92 bits per heavy atom. The molecular formula is C17H18ClF3N2O. The molecule has 0 radical (unpaired) electrons. The lowest BCUT2D eigenvalue weighted by Gasteiger charge is -2.25. The van der Waals surface area contributed by atoms with Gasteiger partial charge in [-0.15, -0.1) is 0 Å². The predicted octanol–water partition coefficient (Wildman–Crippen LogP) is 4.38. The van der Waals surface area contributed by atoms with Crippen LogP contribution >= 0.6 is 11.6 Å². The number of nitrogens with one attached hydrogen (secondary N) is 2. The minimum atomic E-state index is -4.33. The van der Waals surface area contributed by atoms with Crippen LogP contribution < -0.4 is 5.32 Å². The number of carbonyl (C=O) groups is 1. The first-order valence-corrected chi connectivity index (χ1v) is 8.27. The number of aromatic nitrogens is 1. The maximum absolute atomic E-state index is 12.4. The van der Waals surface area contributed by atoms with Crippen molar-refractivity contribution in [3.05, 3.63) is 34.5 Å². The van der Waals surface area contributed by atoms with Gasteiger partial charge in [-0.2, -0.15) is 13.2 Å². The zero-order chi connectivity index (χ0) is 17.5. The highest BCUT2D eigenvalue weighted by atomic mass is 35.5. The first kappa shape index (κ1) is 17.1. The average Bonchev–Trinajstić information content (AvgIpc) is 2.83. The molecule has 2 N–H and O–H groups in total. The second-order valence-corrected chi connectivity index (χ2v) is 6.88. The van der Waals surface area contributed by atoms with E-state index in [-0.39, 0.29) is 6.04 Å². The number of alkyl halides is 3. The van der Waals surface area contributed by atoms with Crippen LogP contribution in [0.2, 0.25) is 5.02 Å². The van der Waals surface area contributed by atoms with Gasteiger partial charge in [0.1, 0.15) is 0 Å². The maximum Gasteiger partial charge on any atom is 0.389 e. The lowest BCUT2D eigenvalue weighted by Crippen LogP contribution is -2.42. The van der Waals surface area contributed by atoms with Gasteiger partial charge in [0.2, 0.25) is 5.91 Å². The van der Waals surface area contributed by atoms with E-state index < -0.39 is 24.4 Å². The normalized spacial score (nSPS) is 19.1. The fraction of sp³-hybridized carbons (Fsp3) is 0.471. The van der Waals surface area contributed by atoms with Gasteiger partial charge < -0.3 is 10.3 Å². The minimum absolute atomic E-state index is 0.154. The number of halogens is 4. The molecule has 1 aliphatic rings. The van der Waals surface area contributed by atoms with Crippen molar-refractivity contribution in [3.63, 3.8) is 0 Å². The summed E-state index contributed by atoms with van der Waals surface area (Å²) in [4.78, 5) is 15.4. The lowest BCUT2D eigenvalue weighted by atomic mass is 9.91. The molecule has 0 fully saturated rings. The van der Waals surface area contributed by atoms with E-state index in [1.165, 1.54) is 6.92 Å². The molecule has 0 aliphatic heterocycles. The quantitative estimate of drug-likeness (QED) is 0.840. The molecule has 1 aliphatic carbocycles. The van der Waals surface area contributed by atoms with Gasteiger partial charge in [-0.05, 0) is 43.0 Å². The molecule has 3 nitrogen and oxygen atoms in total. The molecule has 0 saturated carbocycles. The molecule has 0 saturated heterocycles. The van der Waals surface area contributed by atoms with Gasteiger partial charge in [0, 0.05) is 33.6 Å². The molecule has 2 atom stereocenters. The summed E-state index contributed by atoms with van der Waals surface area (Å²) in [6.45, 7) is 1.31. The largest absolute Gasteiger partial charge is 0.389 e. The Morgan fingerprint density at radius 2 is 2.21 bits per heavy atom.